The number of ether oxygens (including phenoxy) is 1. The van der Waals surface area contributed by atoms with Gasteiger partial charge in [-0.15, -0.1) is 0 Å². The Morgan fingerprint density at radius 1 is 1.53 bits per heavy atom. The Morgan fingerprint density at radius 2 is 2.24 bits per heavy atom. The molecule has 1 N–H and O–H groups in total. The molecule has 0 atom stereocenters. The molecular weight excluding hydrogens is 222 g/mol. The van der Waals surface area contributed by atoms with Gasteiger partial charge in [-0.2, -0.15) is 4.98 Å². The predicted octanol–water partition coefficient (Wildman–Crippen LogP) is 0.709. The molecule has 0 unspecified atom stereocenters. The second kappa shape index (κ2) is 5.77. The molecule has 1 rings (SSSR count). The van der Waals surface area contributed by atoms with Crippen LogP contribution >= 0.6 is 0 Å². The lowest BCUT2D eigenvalue weighted by atomic mass is 9.94. The van der Waals surface area contributed by atoms with Crippen LogP contribution in [0.15, 0.2) is 4.52 Å². The molecule has 0 radical (unpaired) electrons. The first-order valence-electron chi connectivity index (χ1n) is 5.54. The van der Waals surface area contributed by atoms with Gasteiger partial charge in [0.25, 0.3) is 0 Å². The number of carbonyl (C=O) groups is 1. The van der Waals surface area contributed by atoms with E-state index < -0.39 is 5.41 Å². The summed E-state index contributed by atoms with van der Waals surface area (Å²) in [6, 6.07) is 0. The van der Waals surface area contributed by atoms with Crippen molar-refractivity contribution in [1.29, 1.82) is 0 Å². The lowest BCUT2D eigenvalue weighted by Crippen LogP contribution is -2.37. The first-order chi connectivity index (χ1) is 7.95. The summed E-state index contributed by atoms with van der Waals surface area (Å²) in [6.07, 6.45) is 0.675. The van der Waals surface area contributed by atoms with Crippen molar-refractivity contribution in [1.82, 2.24) is 15.5 Å². The van der Waals surface area contributed by atoms with Crippen LogP contribution in [-0.4, -0.2) is 36.3 Å². The number of hydrogen-bond acceptors (Lipinski definition) is 6. The lowest BCUT2D eigenvalue weighted by molar-refractivity contribution is -0.150. The standard InChI is InChI=1S/C11H19N3O3/c1-8-13-9(14-17-8)5-6-12-7-11(2,3)10(15)16-4/h12H,5-7H2,1-4H3. The molecule has 0 amide bonds. The van der Waals surface area contributed by atoms with Crippen LogP contribution < -0.4 is 5.32 Å². The van der Waals surface area contributed by atoms with E-state index in [1.54, 1.807) is 6.92 Å². The monoisotopic (exact) mass is 241 g/mol. The summed E-state index contributed by atoms with van der Waals surface area (Å²) in [7, 11) is 1.40. The number of nitrogens with zero attached hydrogens (tertiary/aromatic N) is 2. The molecule has 96 valence electrons. The third-order valence-corrected chi connectivity index (χ3v) is 2.40. The van der Waals surface area contributed by atoms with E-state index in [0.29, 0.717) is 31.2 Å². The normalized spacial score (nSPS) is 11.5. The van der Waals surface area contributed by atoms with Crippen molar-refractivity contribution >= 4 is 5.97 Å². The van der Waals surface area contributed by atoms with E-state index in [1.165, 1.54) is 7.11 Å². The van der Waals surface area contributed by atoms with Gasteiger partial charge in [0.2, 0.25) is 5.89 Å². The van der Waals surface area contributed by atoms with Gasteiger partial charge in [0, 0.05) is 26.4 Å². The lowest BCUT2D eigenvalue weighted by Gasteiger charge is -2.21. The first kappa shape index (κ1) is 13.6. The van der Waals surface area contributed by atoms with E-state index in [2.05, 4.69) is 15.5 Å². The zero-order valence-electron chi connectivity index (χ0n) is 10.7. The van der Waals surface area contributed by atoms with Gasteiger partial charge in [-0.25, -0.2) is 0 Å². The van der Waals surface area contributed by atoms with E-state index >= 15 is 0 Å². The summed E-state index contributed by atoms with van der Waals surface area (Å²) in [5.74, 6) is 1.01. The highest BCUT2D eigenvalue weighted by Gasteiger charge is 2.27. The Balaban J connectivity index is 2.26. The number of aromatic nitrogens is 2. The maximum atomic E-state index is 11.4. The zero-order chi connectivity index (χ0) is 12.9. The minimum Gasteiger partial charge on any atom is -0.469 e. The van der Waals surface area contributed by atoms with Gasteiger partial charge < -0.3 is 14.6 Å². The van der Waals surface area contributed by atoms with Crippen LogP contribution in [0, 0.1) is 12.3 Å². The topological polar surface area (TPSA) is 77.2 Å². The van der Waals surface area contributed by atoms with Crippen LogP contribution in [0.25, 0.3) is 0 Å². The second-order valence-electron chi connectivity index (χ2n) is 4.53. The average Bonchev–Trinajstić information content (AvgIpc) is 2.69. The van der Waals surface area contributed by atoms with Crippen molar-refractivity contribution < 1.29 is 14.1 Å². The van der Waals surface area contributed by atoms with Crippen LogP contribution in [0.3, 0.4) is 0 Å². The summed E-state index contributed by atoms with van der Waals surface area (Å²) in [6.45, 7) is 6.68. The molecule has 1 aromatic heterocycles. The SMILES string of the molecule is COC(=O)C(C)(C)CNCCc1noc(C)n1. The van der Waals surface area contributed by atoms with Crippen LogP contribution in [0.1, 0.15) is 25.6 Å². The quantitative estimate of drug-likeness (QED) is 0.584. The van der Waals surface area contributed by atoms with E-state index in [0.717, 1.165) is 0 Å². The maximum Gasteiger partial charge on any atom is 0.312 e. The molecule has 1 aromatic rings. The molecule has 0 spiro atoms. The van der Waals surface area contributed by atoms with E-state index in [-0.39, 0.29) is 5.97 Å². The molecule has 6 heteroatoms. The van der Waals surface area contributed by atoms with E-state index in [4.69, 9.17) is 9.26 Å². The van der Waals surface area contributed by atoms with Crippen molar-refractivity contribution in [3.8, 4) is 0 Å². The highest BCUT2D eigenvalue weighted by atomic mass is 16.5. The number of carbonyl (C=O) groups excluding carboxylic acids is 1. The van der Waals surface area contributed by atoms with Gasteiger partial charge >= 0.3 is 5.97 Å². The highest BCUT2D eigenvalue weighted by Crippen LogP contribution is 2.15. The Labute approximate surface area is 101 Å². The van der Waals surface area contributed by atoms with Crippen molar-refractivity contribution in [2.24, 2.45) is 5.41 Å². The van der Waals surface area contributed by atoms with Crippen molar-refractivity contribution in [3.63, 3.8) is 0 Å². The maximum absolute atomic E-state index is 11.4. The van der Waals surface area contributed by atoms with Crippen LogP contribution in [0.4, 0.5) is 0 Å². The van der Waals surface area contributed by atoms with Crippen molar-refractivity contribution in [3.05, 3.63) is 11.7 Å². The van der Waals surface area contributed by atoms with Crippen LogP contribution in [0.5, 0.6) is 0 Å². The fraction of sp³-hybridized carbons (Fsp3) is 0.727. The summed E-state index contributed by atoms with van der Waals surface area (Å²) in [5.41, 5.74) is -0.526. The summed E-state index contributed by atoms with van der Waals surface area (Å²) < 4.78 is 9.57. The first-order valence-corrected chi connectivity index (χ1v) is 5.54. The third-order valence-electron chi connectivity index (χ3n) is 2.40. The van der Waals surface area contributed by atoms with Gasteiger partial charge in [0.05, 0.1) is 12.5 Å². The summed E-state index contributed by atoms with van der Waals surface area (Å²) in [4.78, 5) is 15.5. The predicted molar refractivity (Wildman–Crippen MR) is 61.4 cm³/mol. The fourth-order valence-corrected chi connectivity index (χ4v) is 1.39. The third kappa shape index (κ3) is 4.14. The minimum absolute atomic E-state index is 0.222. The molecule has 0 aliphatic rings. The highest BCUT2D eigenvalue weighted by molar-refractivity contribution is 5.76. The summed E-state index contributed by atoms with van der Waals surface area (Å²) in [5, 5.41) is 6.96. The molecule has 17 heavy (non-hydrogen) atoms. The Kier molecular flexibility index (Phi) is 4.62. The van der Waals surface area contributed by atoms with Crippen molar-refractivity contribution in [2.45, 2.75) is 27.2 Å². The van der Waals surface area contributed by atoms with E-state index in [1.807, 2.05) is 13.8 Å². The molecule has 0 aliphatic heterocycles. The van der Waals surface area contributed by atoms with Gasteiger partial charge in [0.1, 0.15) is 0 Å². The number of nitrogens with one attached hydrogen (secondary N) is 1. The number of esters is 1. The van der Waals surface area contributed by atoms with Gasteiger partial charge in [-0.1, -0.05) is 5.16 Å². The average molecular weight is 241 g/mol. The molecule has 0 aromatic carbocycles. The molecule has 0 saturated heterocycles. The molecule has 0 bridgehead atoms. The number of methoxy groups -OCH3 is 1. The number of rotatable bonds is 6. The smallest absolute Gasteiger partial charge is 0.312 e. The second-order valence-corrected chi connectivity index (χ2v) is 4.53. The molecule has 1 heterocycles. The largest absolute Gasteiger partial charge is 0.469 e. The molecule has 0 aliphatic carbocycles. The molecule has 0 fully saturated rings. The fourth-order valence-electron chi connectivity index (χ4n) is 1.39. The number of hydrogen-bond donors (Lipinski definition) is 1. The Morgan fingerprint density at radius 3 is 2.76 bits per heavy atom. The van der Waals surface area contributed by atoms with Gasteiger partial charge in [0.15, 0.2) is 5.82 Å². The van der Waals surface area contributed by atoms with Crippen LogP contribution in [0.2, 0.25) is 0 Å². The molecule has 6 nitrogen and oxygen atoms in total. The Bertz CT molecular complexity index is 374. The molecule has 0 saturated carbocycles. The molecular formula is C11H19N3O3. The summed E-state index contributed by atoms with van der Waals surface area (Å²) >= 11 is 0. The number of aryl methyl sites for hydroxylation is 1. The van der Waals surface area contributed by atoms with E-state index in [9.17, 15) is 4.79 Å². The minimum atomic E-state index is -0.526. The van der Waals surface area contributed by atoms with Crippen LogP contribution in [-0.2, 0) is 16.0 Å². The Hall–Kier alpha value is -1.43. The van der Waals surface area contributed by atoms with Gasteiger partial charge in [-0.05, 0) is 13.8 Å². The zero-order valence-corrected chi connectivity index (χ0v) is 10.7. The van der Waals surface area contributed by atoms with Crippen molar-refractivity contribution in [2.75, 3.05) is 20.2 Å². The van der Waals surface area contributed by atoms with Gasteiger partial charge in [-0.3, -0.25) is 4.79 Å².